The summed E-state index contributed by atoms with van der Waals surface area (Å²) < 4.78 is 7.37. The molecule has 0 spiro atoms. The number of nitrogens with zero attached hydrogens (tertiary/aromatic N) is 2. The number of pyridine rings is 1. The Balaban J connectivity index is 1.47. The predicted octanol–water partition coefficient (Wildman–Crippen LogP) is 4.13. The maximum Gasteiger partial charge on any atom is 0.264 e. The Kier molecular flexibility index (Phi) is 4.94. The number of hydrogen-bond acceptors (Lipinski definition) is 5. The van der Waals surface area contributed by atoms with Crippen molar-refractivity contribution in [2.45, 2.75) is 31.4 Å². The number of fused-ring (bicyclic) bond motifs is 2. The van der Waals surface area contributed by atoms with Crippen molar-refractivity contribution in [1.82, 2.24) is 15.2 Å². The number of amides is 1. The third-order valence-corrected chi connectivity index (χ3v) is 7.00. The molecule has 0 bridgehead atoms. The Bertz CT molecular complexity index is 1080. The minimum absolute atomic E-state index is 0.0687. The van der Waals surface area contributed by atoms with Crippen LogP contribution in [0, 0.1) is 0 Å². The third-order valence-electron chi connectivity index (χ3n) is 5.85. The molecule has 29 heavy (non-hydrogen) atoms. The summed E-state index contributed by atoms with van der Waals surface area (Å²) in [7, 11) is 1.95. The van der Waals surface area contributed by atoms with Crippen LogP contribution < -0.4 is 10.1 Å². The molecular weight excluding hydrogens is 406 g/mol. The van der Waals surface area contributed by atoms with Crippen LogP contribution in [-0.2, 0) is 11.2 Å². The first kappa shape index (κ1) is 18.9. The van der Waals surface area contributed by atoms with Crippen LogP contribution >= 0.6 is 22.9 Å². The van der Waals surface area contributed by atoms with Gasteiger partial charge in [0.1, 0.15) is 5.75 Å². The number of nitrogens with one attached hydrogen (secondary N) is 1. The maximum absolute atomic E-state index is 13.2. The molecular formula is C22H22ClN3O2S. The summed E-state index contributed by atoms with van der Waals surface area (Å²) in [6.45, 7) is 1.53. The number of aromatic nitrogens is 1. The minimum atomic E-state index is -0.488. The van der Waals surface area contributed by atoms with Gasteiger partial charge in [-0.25, -0.2) is 0 Å². The summed E-state index contributed by atoms with van der Waals surface area (Å²) in [6, 6.07) is 8.21. The number of benzene rings is 1. The van der Waals surface area contributed by atoms with Gasteiger partial charge in [-0.15, -0.1) is 11.3 Å². The van der Waals surface area contributed by atoms with E-state index in [9.17, 15) is 4.79 Å². The fraction of sp³-hybridized carbons (Fsp3) is 0.364. The molecule has 3 aromatic rings. The zero-order valence-corrected chi connectivity index (χ0v) is 17.7. The van der Waals surface area contributed by atoms with E-state index in [1.54, 1.807) is 17.5 Å². The topological polar surface area (TPSA) is 54.5 Å². The van der Waals surface area contributed by atoms with Crippen LogP contribution in [0.15, 0.2) is 35.8 Å². The summed E-state index contributed by atoms with van der Waals surface area (Å²) in [5.74, 6) is 0.843. The van der Waals surface area contributed by atoms with E-state index in [1.807, 2.05) is 41.6 Å². The lowest BCUT2D eigenvalue weighted by Gasteiger charge is -2.33. The van der Waals surface area contributed by atoms with Crippen molar-refractivity contribution in [2.75, 3.05) is 20.1 Å². The number of ether oxygens (including phenoxy) is 1. The Labute approximate surface area is 178 Å². The van der Waals surface area contributed by atoms with E-state index < -0.39 is 6.10 Å². The van der Waals surface area contributed by atoms with Crippen LogP contribution in [0.4, 0.5) is 0 Å². The zero-order valence-electron chi connectivity index (χ0n) is 16.2. The van der Waals surface area contributed by atoms with E-state index in [1.165, 1.54) is 0 Å². The molecule has 0 saturated carbocycles. The monoisotopic (exact) mass is 427 g/mol. The average Bonchev–Trinajstić information content (AvgIpc) is 3.39. The Morgan fingerprint density at radius 2 is 2.24 bits per heavy atom. The van der Waals surface area contributed by atoms with Crippen LogP contribution in [0.25, 0.3) is 21.3 Å². The largest absolute Gasteiger partial charge is 0.479 e. The highest BCUT2D eigenvalue weighted by Gasteiger charge is 2.36. The van der Waals surface area contributed by atoms with Crippen molar-refractivity contribution in [3.8, 4) is 16.9 Å². The SMILES string of the molecule is CN[C@@H]1CCCN(C(=O)C2Cc3cc(Cl)cc(-c4ccnc5ccsc45)c3O2)C1. The second-order valence-corrected chi connectivity index (χ2v) is 9.01. The molecule has 1 saturated heterocycles. The van der Waals surface area contributed by atoms with Gasteiger partial charge in [-0.2, -0.15) is 0 Å². The van der Waals surface area contributed by atoms with Crippen molar-refractivity contribution in [2.24, 2.45) is 0 Å². The Hall–Kier alpha value is -2.15. The molecule has 150 valence electrons. The molecule has 0 aliphatic carbocycles. The second-order valence-electron chi connectivity index (χ2n) is 7.66. The molecule has 1 fully saturated rings. The number of piperidine rings is 1. The summed E-state index contributed by atoms with van der Waals surface area (Å²) >= 11 is 8.10. The number of carbonyl (C=O) groups is 1. The fourth-order valence-electron chi connectivity index (χ4n) is 4.36. The van der Waals surface area contributed by atoms with Crippen molar-refractivity contribution < 1.29 is 9.53 Å². The van der Waals surface area contributed by atoms with E-state index in [0.717, 1.165) is 58.6 Å². The van der Waals surface area contributed by atoms with Crippen molar-refractivity contribution >= 4 is 39.1 Å². The molecule has 4 heterocycles. The first-order chi connectivity index (χ1) is 14.1. The van der Waals surface area contributed by atoms with Gasteiger partial charge in [0, 0.05) is 53.5 Å². The molecule has 0 radical (unpaired) electrons. The van der Waals surface area contributed by atoms with E-state index in [2.05, 4.69) is 10.3 Å². The van der Waals surface area contributed by atoms with Gasteiger partial charge in [0.2, 0.25) is 0 Å². The summed E-state index contributed by atoms with van der Waals surface area (Å²) in [6.07, 6.45) is 3.99. The second kappa shape index (κ2) is 7.59. The summed E-state index contributed by atoms with van der Waals surface area (Å²) in [5.41, 5.74) is 3.93. The van der Waals surface area contributed by atoms with E-state index in [0.29, 0.717) is 17.5 Å². The molecule has 1 N–H and O–H groups in total. The lowest BCUT2D eigenvalue weighted by Crippen LogP contribution is -2.50. The number of rotatable bonds is 3. The maximum atomic E-state index is 13.2. The molecule has 2 atom stereocenters. The van der Waals surface area contributed by atoms with Crippen LogP contribution in [0.1, 0.15) is 18.4 Å². The van der Waals surface area contributed by atoms with E-state index in [-0.39, 0.29) is 5.91 Å². The van der Waals surface area contributed by atoms with Crippen LogP contribution in [-0.4, -0.2) is 48.1 Å². The molecule has 2 aromatic heterocycles. The minimum Gasteiger partial charge on any atom is -0.479 e. The molecule has 1 aromatic carbocycles. The van der Waals surface area contributed by atoms with Gasteiger partial charge in [-0.05, 0) is 49.5 Å². The van der Waals surface area contributed by atoms with Crippen LogP contribution in [0.5, 0.6) is 5.75 Å². The molecule has 2 aliphatic rings. The highest BCUT2D eigenvalue weighted by Crippen LogP contribution is 2.44. The number of likely N-dealkylation sites (tertiary alicyclic amines) is 1. The highest BCUT2D eigenvalue weighted by atomic mass is 35.5. The normalized spacial score (nSPS) is 21.2. The molecule has 1 unspecified atom stereocenters. The standard InChI is InChI=1S/C22H22ClN3O2S/c1-24-15-3-2-7-26(12-15)22(27)19-10-13-9-14(23)11-17(20(13)28-19)16-4-6-25-18-5-8-29-21(16)18/h4-6,8-9,11,15,19,24H,2-3,7,10,12H2,1H3/t15-,19?/m1/s1. The number of carbonyl (C=O) groups excluding carboxylic acids is 1. The van der Waals surface area contributed by atoms with E-state index >= 15 is 0 Å². The van der Waals surface area contributed by atoms with E-state index in [4.69, 9.17) is 16.3 Å². The summed E-state index contributed by atoms with van der Waals surface area (Å²) in [5, 5.41) is 5.99. The molecule has 5 nitrogen and oxygen atoms in total. The third kappa shape index (κ3) is 3.39. The lowest BCUT2D eigenvalue weighted by atomic mass is 10.00. The smallest absolute Gasteiger partial charge is 0.264 e. The fourth-order valence-corrected chi connectivity index (χ4v) is 5.48. The van der Waals surface area contributed by atoms with Gasteiger partial charge in [-0.3, -0.25) is 9.78 Å². The zero-order chi connectivity index (χ0) is 20.0. The predicted molar refractivity (Wildman–Crippen MR) is 117 cm³/mol. The first-order valence-corrected chi connectivity index (χ1v) is 11.2. The first-order valence-electron chi connectivity index (χ1n) is 9.91. The molecule has 7 heteroatoms. The Morgan fingerprint density at radius 3 is 3.10 bits per heavy atom. The number of halogens is 1. The van der Waals surface area contributed by atoms with Gasteiger partial charge in [0.25, 0.3) is 5.91 Å². The number of thiophene rings is 1. The highest BCUT2D eigenvalue weighted by molar-refractivity contribution is 7.17. The van der Waals surface area contributed by atoms with Crippen LogP contribution in [0.2, 0.25) is 5.02 Å². The van der Waals surface area contributed by atoms with Gasteiger partial charge >= 0.3 is 0 Å². The summed E-state index contributed by atoms with van der Waals surface area (Å²) in [4.78, 5) is 19.5. The number of hydrogen-bond donors (Lipinski definition) is 1. The Morgan fingerprint density at radius 1 is 1.34 bits per heavy atom. The van der Waals surface area contributed by atoms with Crippen molar-refractivity contribution in [3.63, 3.8) is 0 Å². The van der Waals surface area contributed by atoms with Gasteiger partial charge in [0.05, 0.1) is 10.2 Å². The molecule has 1 amide bonds. The lowest BCUT2D eigenvalue weighted by molar-refractivity contribution is -0.139. The van der Waals surface area contributed by atoms with Crippen molar-refractivity contribution in [3.05, 3.63) is 46.4 Å². The average molecular weight is 428 g/mol. The van der Waals surface area contributed by atoms with Gasteiger partial charge < -0.3 is 15.0 Å². The quantitative estimate of drug-likeness (QED) is 0.682. The van der Waals surface area contributed by atoms with Crippen molar-refractivity contribution in [1.29, 1.82) is 0 Å². The van der Waals surface area contributed by atoms with Gasteiger partial charge in [-0.1, -0.05) is 11.6 Å². The molecule has 5 rings (SSSR count). The van der Waals surface area contributed by atoms with Crippen LogP contribution in [0.3, 0.4) is 0 Å². The molecule has 2 aliphatic heterocycles. The van der Waals surface area contributed by atoms with Gasteiger partial charge in [0.15, 0.2) is 6.10 Å². The number of likely N-dealkylation sites (N-methyl/N-ethyl adjacent to an activating group) is 1.